The second kappa shape index (κ2) is 11.5. The molecule has 0 atom stereocenters. The number of nitrogens with zero attached hydrogens (tertiary/aromatic N) is 7. The molecule has 10 heteroatoms. The molecule has 10 nitrogen and oxygen atoms in total. The van der Waals surface area contributed by atoms with Gasteiger partial charge in [-0.25, -0.2) is 14.5 Å². The van der Waals surface area contributed by atoms with Crippen molar-refractivity contribution in [2.45, 2.75) is 0 Å². The van der Waals surface area contributed by atoms with Gasteiger partial charge in [0.15, 0.2) is 0 Å². The standard InChI is InChI=1S/C27H31N9O/c1-34(2)12-13-35(3)24-15-25(37-4)22(14-19(24)8-7-10-28)32-27-30-17-20(16-29)26(33-27)21-18-31-36-11-6-5-9-23(21)36/h5-9,11,14-15,17-18H,10,12-13,28H2,1-4H3,(H,30,32,33). The van der Waals surface area contributed by atoms with Crippen LogP contribution in [-0.4, -0.2) is 72.4 Å². The molecule has 190 valence electrons. The average molecular weight is 498 g/mol. The number of pyridine rings is 1. The number of fused-ring (bicyclic) bond motifs is 1. The van der Waals surface area contributed by atoms with E-state index in [1.54, 1.807) is 17.8 Å². The number of likely N-dealkylation sites (N-methyl/N-ethyl adjacent to an activating group) is 2. The van der Waals surface area contributed by atoms with Crippen LogP contribution in [-0.2, 0) is 0 Å². The molecule has 0 aliphatic rings. The maximum atomic E-state index is 9.71. The molecule has 0 aliphatic carbocycles. The number of nitrogens with one attached hydrogen (secondary N) is 1. The minimum atomic E-state index is 0.338. The van der Waals surface area contributed by atoms with Gasteiger partial charge in [-0.1, -0.05) is 18.2 Å². The Bertz CT molecular complexity index is 1450. The summed E-state index contributed by atoms with van der Waals surface area (Å²) in [7, 11) is 7.78. The van der Waals surface area contributed by atoms with E-state index in [2.05, 4.69) is 52.4 Å². The van der Waals surface area contributed by atoms with Crippen molar-refractivity contribution >= 4 is 28.9 Å². The Labute approximate surface area is 216 Å². The molecule has 3 N–H and O–H groups in total. The number of benzene rings is 1. The number of nitriles is 1. The first-order chi connectivity index (χ1) is 17.9. The van der Waals surface area contributed by atoms with Crippen LogP contribution < -0.4 is 20.7 Å². The van der Waals surface area contributed by atoms with Crippen LogP contribution in [0, 0.1) is 11.3 Å². The Balaban J connectivity index is 1.74. The lowest BCUT2D eigenvalue weighted by Crippen LogP contribution is -2.29. The number of aromatic nitrogens is 4. The second-order valence-electron chi connectivity index (χ2n) is 8.76. The molecule has 0 aliphatic heterocycles. The summed E-state index contributed by atoms with van der Waals surface area (Å²) in [4.78, 5) is 13.4. The summed E-state index contributed by atoms with van der Waals surface area (Å²) in [5.74, 6) is 0.979. The van der Waals surface area contributed by atoms with E-state index < -0.39 is 0 Å². The van der Waals surface area contributed by atoms with Crippen LogP contribution in [0.2, 0.25) is 0 Å². The van der Waals surface area contributed by atoms with Gasteiger partial charge in [0.05, 0.1) is 42.0 Å². The van der Waals surface area contributed by atoms with Crippen molar-refractivity contribution in [1.82, 2.24) is 24.5 Å². The van der Waals surface area contributed by atoms with E-state index in [1.807, 2.05) is 48.7 Å². The van der Waals surface area contributed by atoms with Crippen molar-refractivity contribution in [2.24, 2.45) is 5.73 Å². The van der Waals surface area contributed by atoms with Crippen molar-refractivity contribution in [1.29, 1.82) is 5.26 Å². The molecule has 0 saturated heterocycles. The van der Waals surface area contributed by atoms with Crippen LogP contribution >= 0.6 is 0 Å². The van der Waals surface area contributed by atoms with Gasteiger partial charge in [0.1, 0.15) is 11.8 Å². The van der Waals surface area contributed by atoms with Crippen LogP contribution in [0.25, 0.3) is 22.9 Å². The molecule has 0 unspecified atom stereocenters. The van der Waals surface area contributed by atoms with Crippen LogP contribution in [0.4, 0.5) is 17.3 Å². The van der Waals surface area contributed by atoms with E-state index >= 15 is 0 Å². The molecule has 3 aromatic heterocycles. The van der Waals surface area contributed by atoms with Crippen LogP contribution in [0.1, 0.15) is 11.1 Å². The average Bonchev–Trinajstić information content (AvgIpc) is 3.34. The van der Waals surface area contributed by atoms with E-state index in [0.29, 0.717) is 35.2 Å². The minimum Gasteiger partial charge on any atom is -0.494 e. The molecule has 0 radical (unpaired) electrons. The zero-order chi connectivity index (χ0) is 26.4. The van der Waals surface area contributed by atoms with Crippen molar-refractivity contribution in [3.05, 3.63) is 66.1 Å². The Kier molecular flexibility index (Phi) is 7.98. The zero-order valence-electron chi connectivity index (χ0n) is 21.5. The Morgan fingerprint density at radius 2 is 2.03 bits per heavy atom. The van der Waals surface area contributed by atoms with Crippen molar-refractivity contribution in [3.8, 4) is 23.1 Å². The van der Waals surface area contributed by atoms with E-state index in [4.69, 9.17) is 15.5 Å². The molecule has 0 bridgehead atoms. The molecule has 0 amide bonds. The zero-order valence-corrected chi connectivity index (χ0v) is 21.5. The number of methoxy groups -OCH3 is 1. The van der Waals surface area contributed by atoms with Gasteiger partial charge in [0.25, 0.3) is 0 Å². The summed E-state index contributed by atoms with van der Waals surface area (Å²) in [5.41, 5.74) is 10.9. The molecule has 0 saturated carbocycles. The van der Waals surface area contributed by atoms with Gasteiger partial charge < -0.3 is 25.6 Å². The van der Waals surface area contributed by atoms with Gasteiger partial charge in [0, 0.05) is 50.2 Å². The van der Waals surface area contributed by atoms with E-state index in [9.17, 15) is 5.26 Å². The third-order valence-electron chi connectivity index (χ3n) is 5.91. The maximum absolute atomic E-state index is 9.71. The molecule has 4 rings (SSSR count). The molecule has 37 heavy (non-hydrogen) atoms. The summed E-state index contributed by atoms with van der Waals surface area (Å²) < 4.78 is 7.48. The fraction of sp³-hybridized carbons (Fsp3) is 0.259. The second-order valence-corrected chi connectivity index (χ2v) is 8.76. The molecule has 0 spiro atoms. The fourth-order valence-corrected chi connectivity index (χ4v) is 3.95. The Morgan fingerprint density at radius 1 is 1.19 bits per heavy atom. The number of anilines is 3. The molecule has 4 aromatic rings. The van der Waals surface area contributed by atoms with Crippen LogP contribution in [0.5, 0.6) is 5.75 Å². The van der Waals surface area contributed by atoms with Gasteiger partial charge in [-0.3, -0.25) is 0 Å². The minimum absolute atomic E-state index is 0.338. The van der Waals surface area contributed by atoms with Crippen molar-refractivity contribution in [2.75, 3.05) is 58.1 Å². The SMILES string of the molecule is COc1cc(N(C)CCN(C)C)c(C=CCN)cc1Nc1ncc(C#N)c(-c2cnn3ccccc23)n1. The molecular formula is C27H31N9O. The van der Waals surface area contributed by atoms with E-state index in [0.717, 1.165) is 35.4 Å². The third kappa shape index (κ3) is 5.69. The molecule has 1 aromatic carbocycles. The summed E-state index contributed by atoms with van der Waals surface area (Å²) >= 11 is 0. The Hall–Kier alpha value is -4.46. The number of ether oxygens (including phenoxy) is 1. The van der Waals surface area contributed by atoms with Gasteiger partial charge in [-0.2, -0.15) is 10.4 Å². The topological polar surface area (TPSA) is 121 Å². The summed E-state index contributed by atoms with van der Waals surface area (Å²) in [6, 6.07) is 11.9. The van der Waals surface area contributed by atoms with Crippen LogP contribution in [0.3, 0.4) is 0 Å². The van der Waals surface area contributed by atoms with Crippen LogP contribution in [0.15, 0.2) is 55.0 Å². The van der Waals surface area contributed by atoms with E-state index in [-0.39, 0.29) is 0 Å². The summed E-state index contributed by atoms with van der Waals surface area (Å²) in [6.45, 7) is 2.18. The van der Waals surface area contributed by atoms with E-state index in [1.165, 1.54) is 6.20 Å². The highest BCUT2D eigenvalue weighted by molar-refractivity contribution is 5.82. The number of rotatable bonds is 10. The predicted molar refractivity (Wildman–Crippen MR) is 147 cm³/mol. The van der Waals surface area contributed by atoms with Gasteiger partial charge >= 0.3 is 0 Å². The third-order valence-corrected chi connectivity index (χ3v) is 5.91. The lowest BCUT2D eigenvalue weighted by molar-refractivity contribution is 0.413. The lowest BCUT2D eigenvalue weighted by atomic mass is 10.1. The normalized spacial score (nSPS) is 11.3. The first-order valence-corrected chi connectivity index (χ1v) is 11.9. The molecule has 3 heterocycles. The molecule has 0 fully saturated rings. The number of nitrogens with two attached hydrogens (primary N) is 1. The highest BCUT2D eigenvalue weighted by Gasteiger charge is 2.17. The number of hydrogen-bond acceptors (Lipinski definition) is 9. The quantitative estimate of drug-likeness (QED) is 0.340. The summed E-state index contributed by atoms with van der Waals surface area (Å²) in [5, 5.41) is 17.4. The highest BCUT2D eigenvalue weighted by atomic mass is 16.5. The summed E-state index contributed by atoms with van der Waals surface area (Å²) in [6.07, 6.45) is 8.98. The van der Waals surface area contributed by atoms with Gasteiger partial charge in [0.2, 0.25) is 5.95 Å². The fourth-order valence-electron chi connectivity index (χ4n) is 3.95. The Morgan fingerprint density at radius 3 is 2.76 bits per heavy atom. The monoisotopic (exact) mass is 497 g/mol. The van der Waals surface area contributed by atoms with Crippen molar-refractivity contribution < 1.29 is 4.74 Å². The number of hydrogen-bond donors (Lipinski definition) is 2. The lowest BCUT2D eigenvalue weighted by Gasteiger charge is -2.25. The van der Waals surface area contributed by atoms with Gasteiger partial charge in [-0.05, 0) is 37.9 Å². The smallest absolute Gasteiger partial charge is 0.227 e. The first kappa shape index (κ1) is 25.6. The largest absolute Gasteiger partial charge is 0.494 e. The van der Waals surface area contributed by atoms with Gasteiger partial charge in [-0.15, -0.1) is 0 Å². The predicted octanol–water partition coefficient (Wildman–Crippen LogP) is 3.38. The maximum Gasteiger partial charge on any atom is 0.227 e. The first-order valence-electron chi connectivity index (χ1n) is 11.9. The van der Waals surface area contributed by atoms with Crippen molar-refractivity contribution in [3.63, 3.8) is 0 Å². The highest BCUT2D eigenvalue weighted by Crippen LogP contribution is 2.36. The molecular weight excluding hydrogens is 466 g/mol.